The van der Waals surface area contributed by atoms with Gasteiger partial charge in [-0.3, -0.25) is 0 Å². The number of aliphatic hydroxyl groups excluding tert-OH is 1. The van der Waals surface area contributed by atoms with E-state index in [4.69, 9.17) is 56.8 Å². The van der Waals surface area contributed by atoms with E-state index in [-0.39, 0.29) is 110 Å². The third-order valence-corrected chi connectivity index (χ3v) is 20.0. The normalized spacial score (nSPS) is 49.8. The summed E-state index contributed by atoms with van der Waals surface area (Å²) in [5, 5.41) is 13.8. The van der Waals surface area contributed by atoms with Gasteiger partial charge in [0, 0.05) is 51.0 Å². The van der Waals surface area contributed by atoms with Crippen molar-refractivity contribution in [2.24, 2.45) is 5.92 Å². The van der Waals surface area contributed by atoms with Crippen molar-refractivity contribution in [1.82, 2.24) is 0 Å². The first-order chi connectivity index (χ1) is 36.2. The number of rotatable bonds is 5. The number of hydrogen-bond acceptors (Lipinski definition) is 15. The molecule has 412 valence electrons. The second kappa shape index (κ2) is 19.0. The van der Waals surface area contributed by atoms with Crippen molar-refractivity contribution in [3.8, 4) is 0 Å². The largest absolute Gasteiger partial charge is 0.458 e. The van der Waals surface area contributed by atoms with E-state index < -0.39 is 46.2 Å². The van der Waals surface area contributed by atoms with Gasteiger partial charge in [-0.25, -0.2) is 9.59 Å². The molecule has 0 spiro atoms. The molecule has 0 amide bonds. The Morgan fingerprint density at radius 1 is 0.711 bits per heavy atom. The van der Waals surface area contributed by atoms with Crippen molar-refractivity contribution >= 4 is 22.7 Å². The molecule has 2 aromatic carbocycles. The van der Waals surface area contributed by atoms with Gasteiger partial charge in [-0.2, -0.15) is 0 Å². The van der Waals surface area contributed by atoms with E-state index in [1.165, 1.54) is 0 Å². The number of ether oxygens (including phenoxy) is 12. The Bertz CT molecular complexity index is 2670. The highest BCUT2D eigenvalue weighted by molar-refractivity contribution is 5.95. The first kappa shape index (κ1) is 51.8. The summed E-state index contributed by atoms with van der Waals surface area (Å²) in [6.45, 7) is 19.1. The van der Waals surface area contributed by atoms with E-state index in [0.29, 0.717) is 68.9 Å². The fourth-order valence-electron chi connectivity index (χ4n) is 15.6. The maximum Gasteiger partial charge on any atom is 0.338 e. The standard InChI is InChI=1S/C61H78O15/c1-32(31-65-56(64)37-16-15-35-12-9-10-13-36(35)23-37)20-38-24-47(62)61(8)51(66-38)26-43-44(73-61)25-42-39(67-43)14-11-18-57(4)52(70-42)30-60(7)50(74-57)28-49-58(5,76-60)19-17-40-54(72-49)33(2)21-41-46(68-40)29-59(6)48(69-41)27-45-55(75-59)34(3)22-53(63)71-45/h9-16,22-23,33,38-52,54-55,62H,1,17-21,24-31H2,2-8H3/b14-11-/t33-,38-,39-,40+,41+,42+,43+,44-,45+,46-,47+,48-,49+,50-,51-,52-,54-,55-,57+,58-,59+,60+,61+/m1/s1. The summed E-state index contributed by atoms with van der Waals surface area (Å²) in [6, 6.07) is 13.4. The lowest BCUT2D eigenvalue weighted by atomic mass is 9.72. The minimum Gasteiger partial charge on any atom is -0.458 e. The molecular weight excluding hydrogens is 973 g/mol. The molecule has 0 aromatic heterocycles. The number of carbonyl (C=O) groups is 2. The van der Waals surface area contributed by atoms with Crippen LogP contribution in [0.15, 0.2) is 78.4 Å². The molecule has 23 atom stereocenters. The zero-order chi connectivity index (χ0) is 52.7. The molecule has 0 radical (unpaired) electrons. The van der Waals surface area contributed by atoms with Gasteiger partial charge in [0.1, 0.15) is 30.5 Å². The lowest BCUT2D eigenvalue weighted by Gasteiger charge is -2.60. The minimum absolute atomic E-state index is 0.0575. The predicted octanol–water partition coefficient (Wildman–Crippen LogP) is 8.28. The highest BCUT2D eigenvalue weighted by atomic mass is 16.7. The predicted molar refractivity (Wildman–Crippen MR) is 276 cm³/mol. The molecule has 0 unspecified atom stereocenters. The molecule has 0 aliphatic carbocycles. The Labute approximate surface area is 446 Å². The van der Waals surface area contributed by atoms with Gasteiger partial charge in [-0.1, -0.05) is 56.0 Å². The van der Waals surface area contributed by atoms with Gasteiger partial charge in [0.2, 0.25) is 0 Å². The van der Waals surface area contributed by atoms with Crippen molar-refractivity contribution in [2.45, 2.75) is 257 Å². The molecule has 1 N–H and O–H groups in total. The average Bonchev–Trinajstić information content (AvgIpc) is 3.68. The summed E-state index contributed by atoms with van der Waals surface area (Å²) in [5.41, 5.74) is -1.32. The van der Waals surface area contributed by atoms with Crippen molar-refractivity contribution < 1.29 is 71.5 Å². The molecule has 15 nitrogen and oxygen atoms in total. The number of esters is 2. The van der Waals surface area contributed by atoms with Crippen LogP contribution in [0, 0.1) is 5.92 Å². The van der Waals surface area contributed by atoms with Crippen LogP contribution in [0.2, 0.25) is 0 Å². The smallest absolute Gasteiger partial charge is 0.338 e. The van der Waals surface area contributed by atoms with Crippen LogP contribution < -0.4 is 0 Å². The molecule has 11 heterocycles. The lowest BCUT2D eigenvalue weighted by molar-refractivity contribution is -0.356. The molecule has 9 saturated heterocycles. The first-order valence-electron chi connectivity index (χ1n) is 28.5. The lowest BCUT2D eigenvalue weighted by Crippen LogP contribution is -2.70. The number of fused-ring (bicyclic) bond motifs is 11. The van der Waals surface area contributed by atoms with Gasteiger partial charge >= 0.3 is 11.9 Å². The number of hydrogen-bond donors (Lipinski definition) is 1. The van der Waals surface area contributed by atoms with Crippen LogP contribution in [0.1, 0.15) is 136 Å². The van der Waals surface area contributed by atoms with Gasteiger partial charge in [0.25, 0.3) is 0 Å². The maximum absolute atomic E-state index is 13.0. The van der Waals surface area contributed by atoms with Crippen LogP contribution in [0.4, 0.5) is 0 Å². The molecule has 11 aliphatic rings. The van der Waals surface area contributed by atoms with Gasteiger partial charge in [0.15, 0.2) is 0 Å². The van der Waals surface area contributed by atoms with Crippen LogP contribution in [0.25, 0.3) is 10.8 Å². The summed E-state index contributed by atoms with van der Waals surface area (Å²) in [6.07, 6.45) is 8.48. The number of carbonyl (C=O) groups excluding carboxylic acids is 2. The fraction of sp³-hybridized carbons (Fsp3) is 0.705. The van der Waals surface area contributed by atoms with Crippen molar-refractivity contribution in [3.05, 3.63) is 84.0 Å². The summed E-state index contributed by atoms with van der Waals surface area (Å²) in [4.78, 5) is 25.3. The summed E-state index contributed by atoms with van der Waals surface area (Å²) in [5.74, 6) is -0.565. The molecule has 9 fully saturated rings. The van der Waals surface area contributed by atoms with E-state index in [9.17, 15) is 14.7 Å². The van der Waals surface area contributed by atoms with Gasteiger partial charge in [0.05, 0.1) is 113 Å². The van der Waals surface area contributed by atoms with Gasteiger partial charge < -0.3 is 61.9 Å². The molecule has 0 bridgehead atoms. The van der Waals surface area contributed by atoms with Gasteiger partial charge in [-0.05, 0) is 114 Å². The first-order valence-corrected chi connectivity index (χ1v) is 28.5. The number of aliphatic hydroxyl groups is 1. The molecule has 15 heteroatoms. The number of benzene rings is 2. The van der Waals surface area contributed by atoms with Crippen LogP contribution in [0.5, 0.6) is 0 Å². The summed E-state index contributed by atoms with van der Waals surface area (Å²) < 4.78 is 82.1. The van der Waals surface area contributed by atoms with E-state index in [1.54, 1.807) is 12.1 Å². The minimum atomic E-state index is -0.952. The second-order valence-electron chi connectivity index (χ2n) is 25.8. The van der Waals surface area contributed by atoms with Crippen molar-refractivity contribution in [1.29, 1.82) is 0 Å². The Hall–Kier alpha value is -3.58. The van der Waals surface area contributed by atoms with Crippen LogP contribution in [-0.2, 0) is 61.6 Å². The second-order valence-corrected chi connectivity index (χ2v) is 25.8. The molecular formula is C61H78O15. The fourth-order valence-corrected chi connectivity index (χ4v) is 15.6. The maximum atomic E-state index is 13.0. The Morgan fingerprint density at radius 3 is 2.33 bits per heavy atom. The Morgan fingerprint density at radius 2 is 1.49 bits per heavy atom. The molecule has 13 rings (SSSR count). The average molecular weight is 1050 g/mol. The Balaban J connectivity index is 0.645. The quantitative estimate of drug-likeness (QED) is 0.225. The van der Waals surface area contributed by atoms with E-state index in [1.807, 2.05) is 50.2 Å². The van der Waals surface area contributed by atoms with Crippen molar-refractivity contribution in [2.75, 3.05) is 6.61 Å². The highest BCUT2D eigenvalue weighted by Crippen LogP contribution is 2.55. The molecule has 76 heavy (non-hydrogen) atoms. The van der Waals surface area contributed by atoms with Crippen LogP contribution in [-0.4, -0.2) is 155 Å². The van der Waals surface area contributed by atoms with E-state index in [2.05, 4.69) is 53.3 Å². The van der Waals surface area contributed by atoms with E-state index in [0.717, 1.165) is 35.6 Å². The molecule has 2 aromatic rings. The summed E-state index contributed by atoms with van der Waals surface area (Å²) >= 11 is 0. The van der Waals surface area contributed by atoms with Crippen molar-refractivity contribution in [3.63, 3.8) is 0 Å². The third kappa shape index (κ3) is 9.07. The molecule has 11 aliphatic heterocycles. The highest BCUT2D eigenvalue weighted by Gasteiger charge is 2.64. The van der Waals surface area contributed by atoms with Crippen LogP contribution in [0.3, 0.4) is 0 Å². The van der Waals surface area contributed by atoms with E-state index >= 15 is 0 Å². The zero-order valence-electron chi connectivity index (χ0n) is 45.2. The van der Waals surface area contributed by atoms with Gasteiger partial charge in [-0.15, -0.1) is 0 Å². The third-order valence-electron chi connectivity index (χ3n) is 20.0. The monoisotopic (exact) mass is 1050 g/mol. The Kier molecular flexibility index (Phi) is 13.0. The summed E-state index contributed by atoms with van der Waals surface area (Å²) in [7, 11) is 0. The van der Waals surface area contributed by atoms with Crippen LogP contribution >= 0.6 is 0 Å². The SMILES string of the molecule is C=C(COC(=O)c1ccc2ccccc2c1)C[C@@H]1C[C@H](O)[C@]2(C)O[C@@H]3C[C@@H]4O[C@@H]5C[C@]6(C)O[C@]7(C)CC[C@@H]8O[C@@H]9C[C@]%10(C)O[C@@H]%11C(C)=CC(=O)O[C@H]%11C[C@H]%10O[C@H]9C[C@@H](C)[C@H]8O[C@H]7C[C@H]6O[C@@]5(C)C/C=C\[C@H]4O[C@H]3C[C@H]2O1. The zero-order valence-corrected chi connectivity index (χ0v) is 45.2. The topological polar surface area (TPSA) is 165 Å². The molecule has 0 saturated carbocycles.